The fourth-order valence-corrected chi connectivity index (χ4v) is 1.73. The number of methoxy groups -OCH3 is 1. The van der Waals surface area contributed by atoms with Gasteiger partial charge in [-0.15, -0.1) is 0 Å². The van der Waals surface area contributed by atoms with E-state index in [0.717, 1.165) is 0 Å². The van der Waals surface area contributed by atoms with Gasteiger partial charge in [-0.3, -0.25) is 4.79 Å². The first-order chi connectivity index (χ1) is 8.77. The molecule has 1 aromatic carbocycles. The molecular weight excluding hydrogens is 268 g/mol. The zero-order valence-electron chi connectivity index (χ0n) is 11.6. The van der Waals surface area contributed by atoms with Gasteiger partial charge in [0.05, 0.1) is 23.7 Å². The maximum Gasteiger partial charge on any atom is 0.314 e. The zero-order chi connectivity index (χ0) is 14.6. The SMILES string of the molecule is COC(=O)C(C)(C)COc1ccc([C@@H](C)O)cc1Cl. The third kappa shape index (κ3) is 4.11. The number of halogens is 1. The van der Waals surface area contributed by atoms with E-state index in [2.05, 4.69) is 0 Å². The number of esters is 1. The van der Waals surface area contributed by atoms with Gasteiger partial charge in [-0.2, -0.15) is 0 Å². The molecule has 0 spiro atoms. The van der Waals surface area contributed by atoms with Crippen molar-refractivity contribution >= 4 is 17.6 Å². The third-order valence-electron chi connectivity index (χ3n) is 2.76. The number of rotatable bonds is 5. The first-order valence-corrected chi connectivity index (χ1v) is 6.34. The highest BCUT2D eigenvalue weighted by Gasteiger charge is 2.30. The largest absolute Gasteiger partial charge is 0.491 e. The predicted molar refractivity (Wildman–Crippen MR) is 73.4 cm³/mol. The summed E-state index contributed by atoms with van der Waals surface area (Å²) < 4.78 is 10.2. The Labute approximate surface area is 118 Å². The van der Waals surface area contributed by atoms with E-state index in [0.29, 0.717) is 16.3 Å². The Morgan fingerprint density at radius 3 is 2.58 bits per heavy atom. The second-order valence-corrected chi connectivity index (χ2v) is 5.44. The Morgan fingerprint density at radius 1 is 1.47 bits per heavy atom. The van der Waals surface area contributed by atoms with Crippen molar-refractivity contribution in [2.24, 2.45) is 5.41 Å². The Kier molecular flexibility index (Phi) is 5.20. The summed E-state index contributed by atoms with van der Waals surface area (Å²) in [6, 6.07) is 5.06. The van der Waals surface area contributed by atoms with Gasteiger partial charge < -0.3 is 14.6 Å². The fourth-order valence-electron chi connectivity index (χ4n) is 1.49. The van der Waals surface area contributed by atoms with E-state index in [4.69, 9.17) is 21.1 Å². The summed E-state index contributed by atoms with van der Waals surface area (Å²) in [5.41, 5.74) is -0.0364. The highest BCUT2D eigenvalue weighted by atomic mass is 35.5. The Hall–Kier alpha value is -1.26. The molecule has 0 saturated carbocycles. The highest BCUT2D eigenvalue weighted by Crippen LogP contribution is 2.29. The zero-order valence-corrected chi connectivity index (χ0v) is 12.3. The molecule has 4 nitrogen and oxygen atoms in total. The molecule has 0 unspecified atom stereocenters. The fraction of sp³-hybridized carbons (Fsp3) is 0.500. The summed E-state index contributed by atoms with van der Waals surface area (Å²) in [7, 11) is 1.34. The van der Waals surface area contributed by atoms with Gasteiger partial charge in [-0.25, -0.2) is 0 Å². The van der Waals surface area contributed by atoms with Crippen LogP contribution in [0.2, 0.25) is 5.02 Å². The van der Waals surface area contributed by atoms with Crippen molar-refractivity contribution in [3.63, 3.8) is 0 Å². The number of aliphatic hydroxyl groups excluding tert-OH is 1. The molecule has 0 amide bonds. The minimum atomic E-state index is -0.749. The number of carbonyl (C=O) groups is 1. The minimum Gasteiger partial charge on any atom is -0.491 e. The summed E-state index contributed by atoms with van der Waals surface area (Å²) in [6.07, 6.45) is -0.585. The van der Waals surface area contributed by atoms with E-state index in [1.54, 1.807) is 39.0 Å². The van der Waals surface area contributed by atoms with Crippen molar-refractivity contribution < 1.29 is 19.4 Å². The van der Waals surface area contributed by atoms with Crippen LogP contribution in [0, 0.1) is 5.41 Å². The minimum absolute atomic E-state index is 0.160. The summed E-state index contributed by atoms with van der Waals surface area (Å²) in [5, 5.41) is 9.84. The van der Waals surface area contributed by atoms with E-state index >= 15 is 0 Å². The van der Waals surface area contributed by atoms with Crippen LogP contribution in [-0.4, -0.2) is 24.8 Å². The van der Waals surface area contributed by atoms with Gasteiger partial charge in [-0.05, 0) is 38.5 Å². The second kappa shape index (κ2) is 6.26. The molecule has 0 aliphatic heterocycles. The van der Waals surface area contributed by atoms with Crippen LogP contribution in [0.15, 0.2) is 18.2 Å². The van der Waals surface area contributed by atoms with Crippen LogP contribution < -0.4 is 4.74 Å². The molecule has 1 N–H and O–H groups in total. The molecular formula is C14H19ClO4. The highest BCUT2D eigenvalue weighted by molar-refractivity contribution is 6.32. The van der Waals surface area contributed by atoms with Gasteiger partial charge in [0.1, 0.15) is 12.4 Å². The normalized spacial score (nSPS) is 12.9. The summed E-state index contributed by atoms with van der Waals surface area (Å²) in [4.78, 5) is 11.5. The van der Waals surface area contributed by atoms with Crippen LogP contribution in [0.4, 0.5) is 0 Å². The maximum atomic E-state index is 11.5. The lowest BCUT2D eigenvalue weighted by molar-refractivity contribution is -0.152. The monoisotopic (exact) mass is 286 g/mol. The summed E-state index contributed by atoms with van der Waals surface area (Å²) in [6.45, 7) is 5.29. The predicted octanol–water partition coefficient (Wildman–Crippen LogP) is 2.97. The van der Waals surface area contributed by atoms with Crippen molar-refractivity contribution in [1.82, 2.24) is 0 Å². The van der Waals surface area contributed by atoms with Crippen molar-refractivity contribution in [2.75, 3.05) is 13.7 Å². The molecule has 0 heterocycles. The van der Waals surface area contributed by atoms with E-state index in [1.165, 1.54) is 7.11 Å². The van der Waals surface area contributed by atoms with Crippen molar-refractivity contribution in [1.29, 1.82) is 0 Å². The average molecular weight is 287 g/mol. The van der Waals surface area contributed by atoms with E-state index in [1.807, 2.05) is 0 Å². The third-order valence-corrected chi connectivity index (χ3v) is 3.06. The molecule has 1 rings (SSSR count). The number of hydrogen-bond donors (Lipinski definition) is 1. The topological polar surface area (TPSA) is 55.8 Å². The first-order valence-electron chi connectivity index (χ1n) is 5.96. The smallest absolute Gasteiger partial charge is 0.314 e. The second-order valence-electron chi connectivity index (χ2n) is 5.03. The standard InChI is InChI=1S/C14H19ClO4/c1-9(16)10-5-6-12(11(15)7-10)19-8-14(2,3)13(17)18-4/h5-7,9,16H,8H2,1-4H3/t9-/m1/s1. The molecule has 0 aromatic heterocycles. The molecule has 0 fully saturated rings. The lowest BCUT2D eigenvalue weighted by Crippen LogP contribution is -2.32. The van der Waals surface area contributed by atoms with Crippen LogP contribution >= 0.6 is 11.6 Å². The van der Waals surface area contributed by atoms with Gasteiger partial charge >= 0.3 is 5.97 Å². The lowest BCUT2D eigenvalue weighted by atomic mass is 9.95. The van der Waals surface area contributed by atoms with E-state index < -0.39 is 11.5 Å². The molecule has 0 aliphatic carbocycles. The quantitative estimate of drug-likeness (QED) is 0.846. The van der Waals surface area contributed by atoms with Crippen molar-refractivity contribution in [3.05, 3.63) is 28.8 Å². The number of carbonyl (C=O) groups excluding carboxylic acids is 1. The molecule has 0 saturated heterocycles. The molecule has 106 valence electrons. The van der Waals surface area contributed by atoms with Crippen molar-refractivity contribution in [3.8, 4) is 5.75 Å². The molecule has 5 heteroatoms. The Morgan fingerprint density at radius 2 is 2.11 bits per heavy atom. The van der Waals surface area contributed by atoms with Gasteiger partial charge in [0.15, 0.2) is 0 Å². The van der Waals surface area contributed by atoms with Crippen LogP contribution in [-0.2, 0) is 9.53 Å². The maximum absolute atomic E-state index is 11.5. The van der Waals surface area contributed by atoms with Gasteiger partial charge in [0, 0.05) is 0 Å². The van der Waals surface area contributed by atoms with Crippen LogP contribution in [0.5, 0.6) is 5.75 Å². The molecule has 0 bridgehead atoms. The molecule has 0 radical (unpaired) electrons. The van der Waals surface area contributed by atoms with Crippen LogP contribution in [0.25, 0.3) is 0 Å². The summed E-state index contributed by atoms with van der Waals surface area (Å²) in [5.74, 6) is 0.132. The molecule has 0 aliphatic rings. The molecule has 1 aromatic rings. The number of aliphatic hydroxyl groups is 1. The van der Waals surface area contributed by atoms with E-state index in [9.17, 15) is 9.90 Å². The number of ether oxygens (including phenoxy) is 2. The Balaban J connectivity index is 2.76. The first kappa shape index (κ1) is 15.8. The Bertz CT molecular complexity index is 455. The average Bonchev–Trinajstić information content (AvgIpc) is 2.36. The lowest BCUT2D eigenvalue weighted by Gasteiger charge is -2.22. The molecule has 19 heavy (non-hydrogen) atoms. The van der Waals surface area contributed by atoms with Crippen molar-refractivity contribution in [2.45, 2.75) is 26.9 Å². The summed E-state index contributed by atoms with van der Waals surface area (Å²) >= 11 is 6.06. The van der Waals surface area contributed by atoms with Gasteiger partial charge in [-0.1, -0.05) is 17.7 Å². The van der Waals surface area contributed by atoms with Gasteiger partial charge in [0.25, 0.3) is 0 Å². The number of benzene rings is 1. The van der Waals surface area contributed by atoms with Crippen LogP contribution in [0.1, 0.15) is 32.4 Å². The number of hydrogen-bond acceptors (Lipinski definition) is 4. The van der Waals surface area contributed by atoms with Crippen LogP contribution in [0.3, 0.4) is 0 Å². The molecule has 1 atom stereocenters. The van der Waals surface area contributed by atoms with E-state index in [-0.39, 0.29) is 12.6 Å². The van der Waals surface area contributed by atoms with Gasteiger partial charge in [0.2, 0.25) is 0 Å².